The Morgan fingerprint density at radius 1 is 1.44 bits per heavy atom. The first-order chi connectivity index (χ1) is 8.40. The SMILES string of the molecule is Cc1cc(C(=O)NC(C)CCN(C)C)ccc1Br. The van der Waals surface area contributed by atoms with E-state index >= 15 is 0 Å². The number of aryl methyl sites for hydroxylation is 1. The Morgan fingerprint density at radius 2 is 2.11 bits per heavy atom. The zero-order chi connectivity index (χ0) is 13.7. The molecular weight excluding hydrogens is 292 g/mol. The minimum Gasteiger partial charge on any atom is -0.350 e. The van der Waals surface area contributed by atoms with Crippen molar-refractivity contribution in [3.63, 3.8) is 0 Å². The highest BCUT2D eigenvalue weighted by Crippen LogP contribution is 2.17. The molecule has 0 bridgehead atoms. The van der Waals surface area contributed by atoms with Crippen molar-refractivity contribution in [2.24, 2.45) is 0 Å². The number of carbonyl (C=O) groups is 1. The van der Waals surface area contributed by atoms with Crippen LogP contribution in [0.5, 0.6) is 0 Å². The van der Waals surface area contributed by atoms with Gasteiger partial charge in [-0.1, -0.05) is 15.9 Å². The molecule has 1 atom stereocenters. The lowest BCUT2D eigenvalue weighted by atomic mass is 10.1. The second-order valence-electron chi connectivity index (χ2n) is 4.93. The molecule has 0 aliphatic rings. The Kier molecular flexibility index (Phi) is 5.82. The summed E-state index contributed by atoms with van der Waals surface area (Å²) in [6.07, 6.45) is 0.953. The molecule has 0 radical (unpaired) electrons. The predicted molar refractivity (Wildman–Crippen MR) is 79.0 cm³/mol. The molecule has 0 saturated carbocycles. The quantitative estimate of drug-likeness (QED) is 0.906. The molecule has 1 amide bonds. The van der Waals surface area contributed by atoms with Gasteiger partial charge in [-0.2, -0.15) is 0 Å². The lowest BCUT2D eigenvalue weighted by molar-refractivity contribution is 0.0936. The molecule has 18 heavy (non-hydrogen) atoms. The van der Waals surface area contributed by atoms with E-state index in [2.05, 4.69) is 26.1 Å². The van der Waals surface area contributed by atoms with Gasteiger partial charge in [0.25, 0.3) is 5.91 Å². The summed E-state index contributed by atoms with van der Waals surface area (Å²) < 4.78 is 1.03. The van der Waals surface area contributed by atoms with E-state index < -0.39 is 0 Å². The summed E-state index contributed by atoms with van der Waals surface area (Å²) in [6.45, 7) is 4.99. The third-order valence-electron chi connectivity index (χ3n) is 2.81. The fourth-order valence-corrected chi connectivity index (χ4v) is 1.86. The zero-order valence-electron chi connectivity index (χ0n) is 11.5. The Bertz CT molecular complexity index is 418. The molecule has 0 saturated heterocycles. The van der Waals surface area contributed by atoms with Gasteiger partial charge in [0.2, 0.25) is 0 Å². The van der Waals surface area contributed by atoms with E-state index in [0.29, 0.717) is 5.56 Å². The maximum absolute atomic E-state index is 12.0. The van der Waals surface area contributed by atoms with E-state index in [0.717, 1.165) is 23.0 Å². The highest BCUT2D eigenvalue weighted by atomic mass is 79.9. The van der Waals surface area contributed by atoms with Gasteiger partial charge >= 0.3 is 0 Å². The van der Waals surface area contributed by atoms with Crippen molar-refractivity contribution in [1.82, 2.24) is 10.2 Å². The summed E-state index contributed by atoms with van der Waals surface area (Å²) in [6, 6.07) is 5.83. The van der Waals surface area contributed by atoms with Crippen molar-refractivity contribution in [2.45, 2.75) is 26.3 Å². The molecule has 1 N–H and O–H groups in total. The van der Waals surface area contributed by atoms with Crippen molar-refractivity contribution in [1.29, 1.82) is 0 Å². The van der Waals surface area contributed by atoms with Crippen LogP contribution in [0.1, 0.15) is 29.3 Å². The maximum atomic E-state index is 12.0. The second-order valence-corrected chi connectivity index (χ2v) is 5.78. The standard InChI is InChI=1S/C14H21BrN2O/c1-10-9-12(5-6-13(10)15)14(18)16-11(2)7-8-17(3)4/h5-6,9,11H,7-8H2,1-4H3,(H,16,18). The lowest BCUT2D eigenvalue weighted by Gasteiger charge is -2.17. The molecule has 0 fully saturated rings. The van der Waals surface area contributed by atoms with Crippen LogP contribution in [0.25, 0.3) is 0 Å². The molecule has 0 aliphatic carbocycles. The van der Waals surface area contributed by atoms with E-state index in [9.17, 15) is 4.79 Å². The van der Waals surface area contributed by atoms with Crippen LogP contribution in [0.15, 0.2) is 22.7 Å². The molecule has 1 rings (SSSR count). The Morgan fingerprint density at radius 3 is 2.67 bits per heavy atom. The molecule has 0 heterocycles. The monoisotopic (exact) mass is 312 g/mol. The molecule has 4 heteroatoms. The van der Waals surface area contributed by atoms with Crippen molar-refractivity contribution in [3.8, 4) is 0 Å². The fourth-order valence-electron chi connectivity index (χ4n) is 1.62. The Hall–Kier alpha value is -0.870. The average molecular weight is 313 g/mol. The summed E-state index contributed by atoms with van der Waals surface area (Å²) in [5.74, 6) is -0.00291. The highest BCUT2D eigenvalue weighted by molar-refractivity contribution is 9.10. The smallest absolute Gasteiger partial charge is 0.251 e. The van der Waals surface area contributed by atoms with Crippen LogP contribution in [0.2, 0.25) is 0 Å². The summed E-state index contributed by atoms with van der Waals surface area (Å²) in [5, 5.41) is 3.02. The van der Waals surface area contributed by atoms with Crippen LogP contribution in [-0.2, 0) is 0 Å². The normalized spacial score (nSPS) is 12.6. The molecule has 1 aromatic rings. The van der Waals surface area contributed by atoms with E-state index in [-0.39, 0.29) is 11.9 Å². The summed E-state index contributed by atoms with van der Waals surface area (Å²) in [4.78, 5) is 14.1. The minimum atomic E-state index is -0.00291. The van der Waals surface area contributed by atoms with Gasteiger partial charge in [-0.15, -0.1) is 0 Å². The van der Waals surface area contributed by atoms with Crippen molar-refractivity contribution in [2.75, 3.05) is 20.6 Å². The summed E-state index contributed by atoms with van der Waals surface area (Å²) in [5.41, 5.74) is 1.79. The van der Waals surface area contributed by atoms with Gasteiger partial charge in [0.15, 0.2) is 0 Å². The van der Waals surface area contributed by atoms with Gasteiger partial charge < -0.3 is 10.2 Å². The number of nitrogens with one attached hydrogen (secondary N) is 1. The third kappa shape index (κ3) is 4.78. The number of carbonyl (C=O) groups excluding carboxylic acids is 1. The maximum Gasteiger partial charge on any atom is 0.251 e. The molecule has 0 aliphatic heterocycles. The number of amides is 1. The largest absolute Gasteiger partial charge is 0.350 e. The minimum absolute atomic E-state index is 0.00291. The first kappa shape index (κ1) is 15.2. The molecular formula is C14H21BrN2O. The predicted octanol–water partition coefficient (Wildman–Crippen LogP) is 2.83. The van der Waals surface area contributed by atoms with Crippen molar-refractivity contribution >= 4 is 21.8 Å². The van der Waals surface area contributed by atoms with E-state index in [4.69, 9.17) is 0 Å². The van der Waals surface area contributed by atoms with Crippen LogP contribution >= 0.6 is 15.9 Å². The molecule has 100 valence electrons. The molecule has 0 aromatic heterocycles. The number of hydrogen-bond donors (Lipinski definition) is 1. The van der Waals surface area contributed by atoms with Crippen LogP contribution in [0.4, 0.5) is 0 Å². The summed E-state index contributed by atoms with van der Waals surface area (Å²) >= 11 is 3.43. The van der Waals surface area contributed by atoms with Gasteiger partial charge in [-0.3, -0.25) is 4.79 Å². The van der Waals surface area contributed by atoms with Crippen LogP contribution in [0.3, 0.4) is 0 Å². The fraction of sp³-hybridized carbons (Fsp3) is 0.500. The third-order valence-corrected chi connectivity index (χ3v) is 3.70. The summed E-state index contributed by atoms with van der Waals surface area (Å²) in [7, 11) is 4.07. The van der Waals surface area contributed by atoms with Gasteiger partial charge in [0.05, 0.1) is 0 Å². The number of benzene rings is 1. The van der Waals surface area contributed by atoms with Crippen molar-refractivity contribution < 1.29 is 4.79 Å². The number of hydrogen-bond acceptors (Lipinski definition) is 2. The number of rotatable bonds is 5. The lowest BCUT2D eigenvalue weighted by Crippen LogP contribution is -2.34. The molecule has 1 aromatic carbocycles. The van der Waals surface area contributed by atoms with Crippen LogP contribution < -0.4 is 5.32 Å². The van der Waals surface area contributed by atoms with Gasteiger partial charge in [0.1, 0.15) is 0 Å². The number of nitrogens with zero attached hydrogens (tertiary/aromatic N) is 1. The second kappa shape index (κ2) is 6.90. The van der Waals surface area contributed by atoms with Gasteiger partial charge in [-0.05, 0) is 64.7 Å². The van der Waals surface area contributed by atoms with Gasteiger partial charge in [-0.25, -0.2) is 0 Å². The van der Waals surface area contributed by atoms with E-state index in [1.807, 2.05) is 46.1 Å². The molecule has 3 nitrogen and oxygen atoms in total. The van der Waals surface area contributed by atoms with Crippen LogP contribution in [0, 0.1) is 6.92 Å². The Balaban J connectivity index is 2.56. The first-order valence-corrected chi connectivity index (χ1v) is 6.91. The van der Waals surface area contributed by atoms with Crippen molar-refractivity contribution in [3.05, 3.63) is 33.8 Å². The molecule has 0 spiro atoms. The molecule has 1 unspecified atom stereocenters. The van der Waals surface area contributed by atoms with E-state index in [1.54, 1.807) is 0 Å². The zero-order valence-corrected chi connectivity index (χ0v) is 13.0. The number of halogens is 1. The van der Waals surface area contributed by atoms with Gasteiger partial charge in [0, 0.05) is 16.1 Å². The Labute approximate surface area is 118 Å². The highest BCUT2D eigenvalue weighted by Gasteiger charge is 2.10. The first-order valence-electron chi connectivity index (χ1n) is 6.12. The topological polar surface area (TPSA) is 32.3 Å². The average Bonchev–Trinajstić information content (AvgIpc) is 2.30. The van der Waals surface area contributed by atoms with E-state index in [1.165, 1.54) is 0 Å². The van der Waals surface area contributed by atoms with Crippen LogP contribution in [-0.4, -0.2) is 37.5 Å².